The van der Waals surface area contributed by atoms with Crippen molar-refractivity contribution in [1.29, 1.82) is 0 Å². The highest BCUT2D eigenvalue weighted by Gasteiger charge is 2.18. The summed E-state index contributed by atoms with van der Waals surface area (Å²) in [5.41, 5.74) is 0. The number of amides is 1. The minimum absolute atomic E-state index is 0.147. The molecule has 0 radical (unpaired) electrons. The second-order valence-electron chi connectivity index (χ2n) is 4.48. The maximum Gasteiger partial charge on any atom is 0.336 e. The van der Waals surface area contributed by atoms with Crippen LogP contribution in [0.1, 0.15) is 30.2 Å². The summed E-state index contributed by atoms with van der Waals surface area (Å²) in [4.78, 5) is 25.0. The monoisotopic (exact) mass is 298 g/mol. The lowest BCUT2D eigenvalue weighted by Gasteiger charge is -2.15. The number of nitrogens with zero attached hydrogens (tertiary/aromatic N) is 1. The Morgan fingerprint density at radius 1 is 1.38 bits per heavy atom. The molecule has 0 saturated carbocycles. The largest absolute Gasteiger partial charge is 0.467 e. The van der Waals surface area contributed by atoms with E-state index in [-0.39, 0.29) is 12.3 Å². The normalized spacial score (nSPS) is 12.2. The first-order valence-corrected chi connectivity index (χ1v) is 6.86. The third-order valence-corrected chi connectivity index (χ3v) is 3.09. The van der Waals surface area contributed by atoms with Crippen LogP contribution in [0.15, 0.2) is 16.5 Å². The van der Waals surface area contributed by atoms with Crippen LogP contribution in [0.4, 0.5) is 0 Å². The first-order chi connectivity index (χ1) is 10.0. The smallest absolute Gasteiger partial charge is 0.336 e. The van der Waals surface area contributed by atoms with E-state index in [1.807, 2.05) is 13.8 Å². The van der Waals surface area contributed by atoms with Crippen molar-refractivity contribution >= 4 is 11.9 Å². The molecule has 0 fully saturated rings. The summed E-state index contributed by atoms with van der Waals surface area (Å²) in [6.45, 7) is 6.29. The zero-order valence-corrected chi connectivity index (χ0v) is 12.6. The number of nitrogens with one attached hydrogen (secondary N) is 1. The standard InChI is InChI=1S/C14H22N2O5/c1-4-16(5-2)9-10-6-7-12(21-10)13(18)15-8-11(17)14(19)20-3/h6-7,11,17H,4-5,8-9H2,1-3H3,(H,15,18). The van der Waals surface area contributed by atoms with E-state index < -0.39 is 18.0 Å². The third-order valence-electron chi connectivity index (χ3n) is 3.09. The number of methoxy groups -OCH3 is 1. The van der Waals surface area contributed by atoms with E-state index >= 15 is 0 Å². The van der Waals surface area contributed by atoms with E-state index in [1.165, 1.54) is 7.11 Å². The van der Waals surface area contributed by atoms with Crippen LogP contribution < -0.4 is 5.32 Å². The Bertz CT molecular complexity index is 468. The van der Waals surface area contributed by atoms with Crippen molar-refractivity contribution in [2.75, 3.05) is 26.7 Å². The van der Waals surface area contributed by atoms with Gasteiger partial charge in [0, 0.05) is 0 Å². The van der Waals surface area contributed by atoms with Crippen LogP contribution in [-0.2, 0) is 16.1 Å². The lowest BCUT2D eigenvalue weighted by atomic mass is 10.3. The molecule has 21 heavy (non-hydrogen) atoms. The predicted molar refractivity (Wildman–Crippen MR) is 75.7 cm³/mol. The Kier molecular flexibility index (Phi) is 6.90. The molecule has 0 aromatic carbocycles. The molecule has 0 aliphatic heterocycles. The second-order valence-corrected chi connectivity index (χ2v) is 4.48. The van der Waals surface area contributed by atoms with Crippen molar-refractivity contribution in [3.8, 4) is 0 Å². The maximum atomic E-state index is 11.8. The molecule has 1 atom stereocenters. The average molecular weight is 298 g/mol. The SMILES string of the molecule is CCN(CC)Cc1ccc(C(=O)NCC(O)C(=O)OC)o1. The molecule has 0 aliphatic rings. The molecule has 1 heterocycles. The first-order valence-electron chi connectivity index (χ1n) is 6.86. The predicted octanol–water partition coefficient (Wildman–Crippen LogP) is 0.385. The van der Waals surface area contributed by atoms with E-state index in [0.29, 0.717) is 12.3 Å². The Morgan fingerprint density at radius 2 is 2.05 bits per heavy atom. The summed E-state index contributed by atoms with van der Waals surface area (Å²) in [6, 6.07) is 3.31. The molecule has 1 unspecified atom stereocenters. The summed E-state index contributed by atoms with van der Waals surface area (Å²) in [5, 5.41) is 11.8. The summed E-state index contributed by atoms with van der Waals surface area (Å²) in [6.07, 6.45) is -1.39. The van der Waals surface area contributed by atoms with E-state index in [1.54, 1.807) is 12.1 Å². The molecule has 0 saturated heterocycles. The lowest BCUT2D eigenvalue weighted by molar-refractivity contribution is -0.149. The molecule has 7 heteroatoms. The van der Waals surface area contributed by atoms with Gasteiger partial charge in [-0.05, 0) is 25.2 Å². The third kappa shape index (κ3) is 5.20. The summed E-state index contributed by atoms with van der Waals surface area (Å²) in [5.74, 6) is -0.438. The summed E-state index contributed by atoms with van der Waals surface area (Å²) < 4.78 is 9.80. The highest BCUT2D eigenvalue weighted by Crippen LogP contribution is 2.10. The minimum atomic E-state index is -1.39. The van der Waals surface area contributed by atoms with Crippen molar-refractivity contribution in [3.63, 3.8) is 0 Å². The fourth-order valence-corrected chi connectivity index (χ4v) is 1.75. The van der Waals surface area contributed by atoms with E-state index in [9.17, 15) is 14.7 Å². The second kappa shape index (κ2) is 8.43. The van der Waals surface area contributed by atoms with Crippen LogP contribution in [0.3, 0.4) is 0 Å². The van der Waals surface area contributed by atoms with Gasteiger partial charge in [-0.1, -0.05) is 13.8 Å². The number of hydrogen-bond donors (Lipinski definition) is 2. The van der Waals surface area contributed by atoms with Gasteiger partial charge in [-0.15, -0.1) is 0 Å². The number of furan rings is 1. The molecule has 1 amide bonds. The number of carbonyl (C=O) groups excluding carboxylic acids is 2. The molecule has 1 aromatic heterocycles. The van der Waals surface area contributed by atoms with Gasteiger partial charge in [0.25, 0.3) is 5.91 Å². The van der Waals surface area contributed by atoms with Gasteiger partial charge in [0.1, 0.15) is 5.76 Å². The Morgan fingerprint density at radius 3 is 2.62 bits per heavy atom. The Hall–Kier alpha value is -1.86. The molecule has 2 N–H and O–H groups in total. The number of hydrogen-bond acceptors (Lipinski definition) is 6. The maximum absolute atomic E-state index is 11.8. The molecule has 1 aromatic rings. The van der Waals surface area contributed by atoms with E-state index in [4.69, 9.17) is 4.42 Å². The van der Waals surface area contributed by atoms with Crippen molar-refractivity contribution < 1.29 is 23.8 Å². The van der Waals surface area contributed by atoms with Crippen LogP contribution in [0.2, 0.25) is 0 Å². The molecule has 118 valence electrons. The highest BCUT2D eigenvalue weighted by molar-refractivity contribution is 5.91. The highest BCUT2D eigenvalue weighted by atomic mass is 16.5. The van der Waals surface area contributed by atoms with Gasteiger partial charge in [-0.25, -0.2) is 4.79 Å². The van der Waals surface area contributed by atoms with E-state index in [0.717, 1.165) is 13.1 Å². The number of ether oxygens (including phenoxy) is 1. The zero-order valence-electron chi connectivity index (χ0n) is 12.6. The van der Waals surface area contributed by atoms with Crippen molar-refractivity contribution in [1.82, 2.24) is 10.2 Å². The van der Waals surface area contributed by atoms with Gasteiger partial charge in [-0.2, -0.15) is 0 Å². The van der Waals surface area contributed by atoms with Crippen LogP contribution in [0.5, 0.6) is 0 Å². The van der Waals surface area contributed by atoms with Gasteiger partial charge in [0.05, 0.1) is 20.2 Å². The molecular formula is C14H22N2O5. The number of aliphatic hydroxyl groups excluding tert-OH is 1. The minimum Gasteiger partial charge on any atom is -0.467 e. The molecule has 0 bridgehead atoms. The van der Waals surface area contributed by atoms with Crippen LogP contribution in [0.25, 0.3) is 0 Å². The summed E-state index contributed by atoms with van der Waals surface area (Å²) in [7, 11) is 1.17. The van der Waals surface area contributed by atoms with Gasteiger partial charge in [0.15, 0.2) is 11.9 Å². The summed E-state index contributed by atoms with van der Waals surface area (Å²) >= 11 is 0. The topological polar surface area (TPSA) is 92.0 Å². The Balaban J connectivity index is 2.52. The average Bonchev–Trinajstić information content (AvgIpc) is 2.97. The fraction of sp³-hybridized carbons (Fsp3) is 0.571. The van der Waals surface area contributed by atoms with Gasteiger partial charge in [-0.3, -0.25) is 9.69 Å². The number of esters is 1. The quantitative estimate of drug-likeness (QED) is 0.674. The molecule has 1 rings (SSSR count). The van der Waals surface area contributed by atoms with Crippen molar-refractivity contribution in [2.24, 2.45) is 0 Å². The Labute approximate surface area is 123 Å². The molecule has 7 nitrogen and oxygen atoms in total. The van der Waals surface area contributed by atoms with Crippen molar-refractivity contribution in [2.45, 2.75) is 26.5 Å². The van der Waals surface area contributed by atoms with Crippen LogP contribution in [0, 0.1) is 0 Å². The first kappa shape index (κ1) is 17.2. The number of rotatable bonds is 8. The molecule has 0 spiro atoms. The zero-order chi connectivity index (χ0) is 15.8. The van der Waals surface area contributed by atoms with Crippen LogP contribution >= 0.6 is 0 Å². The molecular weight excluding hydrogens is 276 g/mol. The number of aliphatic hydroxyl groups is 1. The molecule has 0 aliphatic carbocycles. The number of carbonyl (C=O) groups is 2. The van der Waals surface area contributed by atoms with Gasteiger partial charge >= 0.3 is 5.97 Å². The van der Waals surface area contributed by atoms with Crippen molar-refractivity contribution in [3.05, 3.63) is 23.7 Å². The van der Waals surface area contributed by atoms with E-state index in [2.05, 4.69) is 15.0 Å². The van der Waals surface area contributed by atoms with Gasteiger partial charge in [0.2, 0.25) is 0 Å². The van der Waals surface area contributed by atoms with Gasteiger partial charge < -0.3 is 19.6 Å². The fourth-order valence-electron chi connectivity index (χ4n) is 1.75. The lowest BCUT2D eigenvalue weighted by Crippen LogP contribution is -2.37. The van der Waals surface area contributed by atoms with Crippen LogP contribution in [-0.4, -0.2) is 54.7 Å².